The highest BCUT2D eigenvalue weighted by Crippen LogP contribution is 2.34. The molecule has 0 aliphatic carbocycles. The lowest BCUT2D eigenvalue weighted by molar-refractivity contribution is -0.136. The molecule has 6 rings (SSSR count). The van der Waals surface area contributed by atoms with Gasteiger partial charge in [0.1, 0.15) is 24.2 Å². The van der Waals surface area contributed by atoms with Gasteiger partial charge in [-0.3, -0.25) is 24.6 Å². The highest BCUT2D eigenvalue weighted by atomic mass is 35.5. The number of piperazine rings is 1. The number of rotatable bonds is 7. The highest BCUT2D eigenvalue weighted by Gasteiger charge is 2.40. The van der Waals surface area contributed by atoms with Crippen LogP contribution in [0.3, 0.4) is 0 Å². The molecule has 11 heteroatoms. The number of carbonyl (C=O) groups excluding carboxylic acids is 3. The fraction of sp³-hybridized carbons (Fsp3) is 0.312. The van der Waals surface area contributed by atoms with Gasteiger partial charge in [-0.25, -0.2) is 4.39 Å². The molecular weight excluding hydrogens is 573 g/mol. The van der Waals surface area contributed by atoms with Gasteiger partial charge >= 0.3 is 0 Å². The maximum Gasteiger partial charge on any atom is 0.255 e. The van der Waals surface area contributed by atoms with Gasteiger partial charge in [0.25, 0.3) is 5.91 Å². The second-order valence-electron chi connectivity index (χ2n) is 10.9. The van der Waals surface area contributed by atoms with Crippen LogP contribution in [0.1, 0.15) is 45.5 Å². The fourth-order valence-corrected chi connectivity index (χ4v) is 6.19. The molecule has 2 saturated heterocycles. The van der Waals surface area contributed by atoms with Crippen molar-refractivity contribution in [2.24, 2.45) is 0 Å². The molecule has 0 radical (unpaired) electrons. The van der Waals surface area contributed by atoms with Crippen LogP contribution in [0.15, 0.2) is 54.6 Å². The van der Waals surface area contributed by atoms with Gasteiger partial charge in [0.15, 0.2) is 0 Å². The summed E-state index contributed by atoms with van der Waals surface area (Å²) >= 11 is 6.39. The van der Waals surface area contributed by atoms with Crippen molar-refractivity contribution in [1.82, 2.24) is 15.1 Å². The van der Waals surface area contributed by atoms with Crippen molar-refractivity contribution in [3.05, 3.63) is 93.3 Å². The number of benzene rings is 3. The zero-order chi connectivity index (χ0) is 30.1. The maximum absolute atomic E-state index is 15.1. The Bertz CT molecular complexity index is 1650. The van der Waals surface area contributed by atoms with Crippen molar-refractivity contribution < 1.29 is 23.5 Å². The van der Waals surface area contributed by atoms with Crippen LogP contribution >= 0.6 is 11.6 Å². The Morgan fingerprint density at radius 1 is 1.05 bits per heavy atom. The summed E-state index contributed by atoms with van der Waals surface area (Å²) in [5, 5.41) is 11.9. The van der Waals surface area contributed by atoms with Gasteiger partial charge in [-0.15, -0.1) is 0 Å². The number of halogens is 2. The molecule has 3 heterocycles. The molecule has 3 amide bonds. The van der Waals surface area contributed by atoms with Crippen LogP contribution in [-0.2, 0) is 29.3 Å². The number of nitrogens with zero attached hydrogens (tertiary/aromatic N) is 4. The van der Waals surface area contributed by atoms with E-state index in [1.807, 2.05) is 12.1 Å². The third-order valence-corrected chi connectivity index (χ3v) is 8.54. The minimum absolute atomic E-state index is 0.0147. The zero-order valence-electron chi connectivity index (χ0n) is 23.3. The van der Waals surface area contributed by atoms with Crippen LogP contribution in [0.5, 0.6) is 5.75 Å². The van der Waals surface area contributed by atoms with E-state index in [9.17, 15) is 14.4 Å². The molecule has 43 heavy (non-hydrogen) atoms. The normalized spacial score (nSPS) is 18.8. The first-order valence-electron chi connectivity index (χ1n) is 14.1. The van der Waals surface area contributed by atoms with E-state index in [4.69, 9.17) is 21.6 Å². The summed E-state index contributed by atoms with van der Waals surface area (Å²) in [4.78, 5) is 42.9. The molecule has 0 unspecified atom stereocenters. The number of hydrogen-bond donors (Lipinski definition) is 1. The van der Waals surface area contributed by atoms with Crippen molar-refractivity contribution in [3.63, 3.8) is 0 Å². The maximum atomic E-state index is 15.1. The number of hydrogen-bond acceptors (Lipinski definition) is 7. The van der Waals surface area contributed by atoms with Gasteiger partial charge in [-0.2, -0.15) is 5.26 Å². The lowest BCUT2D eigenvalue weighted by Gasteiger charge is -2.36. The molecule has 0 bridgehead atoms. The van der Waals surface area contributed by atoms with Gasteiger partial charge in [-0.05, 0) is 48.4 Å². The molecular formula is C32H29ClFN5O4. The van der Waals surface area contributed by atoms with E-state index < -0.39 is 11.9 Å². The lowest BCUT2D eigenvalue weighted by Crippen LogP contribution is -2.52. The first-order valence-corrected chi connectivity index (χ1v) is 14.5. The van der Waals surface area contributed by atoms with E-state index in [2.05, 4.69) is 21.2 Å². The third kappa shape index (κ3) is 5.91. The van der Waals surface area contributed by atoms with E-state index >= 15 is 4.39 Å². The summed E-state index contributed by atoms with van der Waals surface area (Å²) in [6.07, 6.45) is 0.456. The largest absolute Gasteiger partial charge is 0.488 e. The number of amides is 3. The number of nitrogens with one attached hydrogen (secondary N) is 1. The molecule has 0 spiro atoms. The molecule has 3 aromatic rings. The van der Waals surface area contributed by atoms with Gasteiger partial charge in [0, 0.05) is 55.8 Å². The lowest BCUT2D eigenvalue weighted by atomic mass is 10.0. The minimum Gasteiger partial charge on any atom is -0.488 e. The molecule has 2 fully saturated rings. The molecule has 0 aromatic heterocycles. The summed E-state index contributed by atoms with van der Waals surface area (Å²) < 4.78 is 21.1. The first kappa shape index (κ1) is 28.6. The molecule has 1 N–H and O–H groups in total. The van der Waals surface area contributed by atoms with Crippen molar-refractivity contribution in [3.8, 4) is 11.8 Å². The molecule has 9 nitrogen and oxygen atoms in total. The summed E-state index contributed by atoms with van der Waals surface area (Å²) in [6.45, 7) is 3.89. The number of piperidine rings is 1. The average molecular weight is 602 g/mol. The van der Waals surface area contributed by atoms with E-state index in [-0.39, 0.29) is 43.6 Å². The molecule has 0 saturated carbocycles. The van der Waals surface area contributed by atoms with Gasteiger partial charge in [0.05, 0.1) is 28.9 Å². The zero-order valence-corrected chi connectivity index (χ0v) is 24.1. The number of fused-ring (bicyclic) bond motifs is 1. The predicted octanol–water partition coefficient (Wildman–Crippen LogP) is 4.01. The summed E-state index contributed by atoms with van der Waals surface area (Å²) in [7, 11) is 0. The van der Waals surface area contributed by atoms with Crippen molar-refractivity contribution >= 4 is 35.0 Å². The number of nitriles is 1. The molecule has 3 aliphatic rings. The van der Waals surface area contributed by atoms with E-state index in [1.165, 1.54) is 11.0 Å². The molecule has 3 aromatic carbocycles. The Hall–Kier alpha value is -4.46. The number of ether oxygens (including phenoxy) is 1. The van der Waals surface area contributed by atoms with Gasteiger partial charge in [-0.1, -0.05) is 29.8 Å². The Balaban J connectivity index is 1.05. The van der Waals surface area contributed by atoms with Gasteiger partial charge < -0.3 is 14.5 Å². The molecule has 3 aliphatic heterocycles. The van der Waals surface area contributed by atoms with Crippen molar-refractivity contribution in [2.75, 3.05) is 31.1 Å². The van der Waals surface area contributed by atoms with E-state index in [0.29, 0.717) is 39.6 Å². The Morgan fingerprint density at radius 3 is 2.58 bits per heavy atom. The number of carbonyl (C=O) groups is 3. The third-order valence-electron chi connectivity index (χ3n) is 8.24. The van der Waals surface area contributed by atoms with Crippen LogP contribution in [0.4, 0.5) is 10.1 Å². The Labute approximate surface area is 253 Å². The fourth-order valence-electron chi connectivity index (χ4n) is 5.89. The van der Waals surface area contributed by atoms with Crippen LogP contribution in [0, 0.1) is 17.1 Å². The summed E-state index contributed by atoms with van der Waals surface area (Å²) in [5.41, 5.74) is 3.79. The quantitative estimate of drug-likeness (QED) is 0.408. The van der Waals surface area contributed by atoms with E-state index in [1.54, 1.807) is 36.4 Å². The first-order chi connectivity index (χ1) is 20.8. The number of imide groups is 1. The van der Waals surface area contributed by atoms with Crippen LogP contribution in [0.25, 0.3) is 0 Å². The smallest absolute Gasteiger partial charge is 0.255 e. The summed E-state index contributed by atoms with van der Waals surface area (Å²) in [5.74, 6) is -1.00. The summed E-state index contributed by atoms with van der Waals surface area (Å²) in [6, 6.07) is 17.0. The monoisotopic (exact) mass is 601 g/mol. The molecule has 220 valence electrons. The average Bonchev–Trinajstić information content (AvgIpc) is 3.33. The van der Waals surface area contributed by atoms with Crippen LogP contribution < -0.4 is 15.0 Å². The second kappa shape index (κ2) is 12.0. The van der Waals surface area contributed by atoms with Crippen LogP contribution in [-0.4, -0.2) is 59.7 Å². The van der Waals surface area contributed by atoms with Crippen LogP contribution in [0.2, 0.25) is 5.02 Å². The second-order valence-corrected chi connectivity index (χ2v) is 11.3. The SMILES string of the molecule is N#Cc1ccc(N2CCN(Cc3ccc(COc4cccc5c4CN([C@H]4CCC(=O)NC4=O)C5=O)c(F)c3)CC2)c(Cl)c1. The Kier molecular flexibility index (Phi) is 8.02. The highest BCUT2D eigenvalue weighted by molar-refractivity contribution is 6.33. The topological polar surface area (TPSA) is 106 Å². The van der Waals surface area contributed by atoms with Crippen molar-refractivity contribution in [2.45, 2.75) is 38.6 Å². The molecule has 1 atom stereocenters. The standard InChI is InChI=1S/C32H29ClFN5O4/c33-25-14-20(16-35)5-7-27(25)38-12-10-37(11-13-38)17-21-4-6-22(26(34)15-21)19-43-29-3-1-2-23-24(29)18-39(32(23)42)28-8-9-30(40)36-31(28)41/h1-7,14-15,28H,8-13,17-19H2,(H,36,40,41)/t28-/m0/s1. The van der Waals surface area contributed by atoms with Gasteiger partial charge in [0.2, 0.25) is 11.8 Å². The number of anilines is 1. The Morgan fingerprint density at radius 2 is 1.86 bits per heavy atom. The predicted molar refractivity (Wildman–Crippen MR) is 157 cm³/mol. The van der Waals surface area contributed by atoms with Crippen molar-refractivity contribution in [1.29, 1.82) is 5.26 Å². The van der Waals surface area contributed by atoms with E-state index in [0.717, 1.165) is 37.4 Å². The minimum atomic E-state index is -0.716.